The average molecular weight is 1710 g/mol. The summed E-state index contributed by atoms with van der Waals surface area (Å²) in [6.07, 6.45) is 11.7. The topological polar surface area (TPSA) is 512 Å². The van der Waals surface area contributed by atoms with Gasteiger partial charge < -0.3 is 92.6 Å². The predicted molar refractivity (Wildman–Crippen MR) is 446 cm³/mol. The van der Waals surface area contributed by atoms with Crippen LogP contribution in [0.5, 0.6) is 5.75 Å². The van der Waals surface area contributed by atoms with E-state index in [1.165, 1.54) is 5.56 Å². The fourth-order valence-corrected chi connectivity index (χ4v) is 18.5. The number of urea groups is 1. The average Bonchev–Trinajstić information content (AvgIpc) is 1.11. The molecule has 36 heteroatoms. The SMILES string of the molecule is CC(C)[C@H](NC(=O)[C@H](N)CCCCNC(=O)COC1CCCCCc2c1nnn2CCOCCOCCOCCOCCC(=O)NCCS(=O)(=O)O)C(=O)N[C@@H](CCCNC(N)=O)C(=O)Nc1ccc(COC(=O)N[C@@H](CO)C(=O)Nc2ccc3c(c2)[C@@]2(C)CCC[C@](C)(C(=O)NC(=O)[C@@]4(C)CCC[C@]5(C)c6cc(O)ccc6CC[C@@H]45)[C@@H]2CC3)cc1. The number of carbonyl (C=O) groups is 10. The predicted octanol–water partition coefficient (Wildman–Crippen LogP) is 5.53. The van der Waals surface area contributed by atoms with Crippen molar-refractivity contribution >= 4 is 80.9 Å². The molecule has 2 saturated carbocycles. The van der Waals surface area contributed by atoms with Gasteiger partial charge in [0.1, 0.15) is 48.9 Å². The van der Waals surface area contributed by atoms with Crippen LogP contribution in [-0.4, -0.2) is 213 Å². The smallest absolute Gasteiger partial charge is 0.408 e. The quantitative estimate of drug-likeness (QED) is 0.0147. The highest BCUT2D eigenvalue weighted by atomic mass is 32.2. The number of alkyl carbamates (subject to hydrolysis) is 1. The molecule has 3 aromatic carbocycles. The van der Waals surface area contributed by atoms with Crippen molar-refractivity contribution in [3.05, 3.63) is 99.9 Å². The van der Waals surface area contributed by atoms with Crippen molar-refractivity contribution in [1.82, 2.24) is 52.2 Å². The number of primary amides is 1. The number of hydrogen-bond donors (Lipinski definition) is 14. The number of nitrogens with two attached hydrogens (primary N) is 2. The van der Waals surface area contributed by atoms with Crippen molar-refractivity contribution < 1.29 is 99.6 Å². The molecule has 5 aliphatic carbocycles. The number of aryl methyl sites for hydroxylation is 2. The number of benzene rings is 3. The Bertz CT molecular complexity index is 4320. The number of carbonyl (C=O) groups excluding carboxylic acids is 10. The molecule has 1 aromatic heterocycles. The summed E-state index contributed by atoms with van der Waals surface area (Å²) in [6.45, 7) is 13.6. The van der Waals surface area contributed by atoms with E-state index in [2.05, 4.69) is 72.0 Å². The first kappa shape index (κ1) is 95.6. The van der Waals surface area contributed by atoms with Gasteiger partial charge in [0.2, 0.25) is 47.3 Å². The summed E-state index contributed by atoms with van der Waals surface area (Å²) in [5.41, 5.74) is 16.3. The van der Waals surface area contributed by atoms with Crippen LogP contribution >= 0.6 is 0 Å². The van der Waals surface area contributed by atoms with Crippen LogP contribution in [0.25, 0.3) is 0 Å². The Balaban J connectivity index is 0.664. The van der Waals surface area contributed by atoms with E-state index in [1.54, 1.807) is 50.2 Å². The number of ether oxygens (including phenoxy) is 6. The third-order valence-electron chi connectivity index (χ3n) is 24.8. The van der Waals surface area contributed by atoms with Crippen LogP contribution in [0.15, 0.2) is 60.7 Å². The van der Waals surface area contributed by atoms with Crippen molar-refractivity contribution in [1.29, 1.82) is 0 Å². The molecule has 4 aromatic rings. The zero-order chi connectivity index (χ0) is 87.5. The van der Waals surface area contributed by atoms with Crippen LogP contribution in [-0.2, 0) is 120 Å². The van der Waals surface area contributed by atoms with Gasteiger partial charge in [0.15, 0.2) is 0 Å². The largest absolute Gasteiger partial charge is 0.508 e. The minimum atomic E-state index is -4.14. The highest BCUT2D eigenvalue weighted by Crippen LogP contribution is 2.60. The van der Waals surface area contributed by atoms with Crippen molar-refractivity contribution in [2.75, 3.05) is 102 Å². The number of hydrogen-bond acceptors (Lipinski definition) is 23. The van der Waals surface area contributed by atoms with Crippen molar-refractivity contribution in [3.8, 4) is 5.75 Å². The summed E-state index contributed by atoms with van der Waals surface area (Å²) < 4.78 is 65.8. The minimum Gasteiger partial charge on any atom is -0.508 e. The number of imide groups is 1. The summed E-state index contributed by atoms with van der Waals surface area (Å²) in [6, 6.07) is 12.0. The summed E-state index contributed by atoms with van der Waals surface area (Å²) in [4.78, 5) is 134. The summed E-state index contributed by atoms with van der Waals surface area (Å²) in [5, 5.41) is 54.1. The Hall–Kier alpha value is -9.27. The summed E-state index contributed by atoms with van der Waals surface area (Å²) in [7, 11) is -4.14. The second-order valence-electron chi connectivity index (χ2n) is 33.7. The molecule has 0 bridgehead atoms. The molecule has 0 radical (unpaired) electrons. The molecule has 121 heavy (non-hydrogen) atoms. The zero-order valence-corrected chi connectivity index (χ0v) is 71.5. The number of phenolic OH excluding ortho intramolecular Hbond substituents is 1. The highest BCUT2D eigenvalue weighted by Gasteiger charge is 2.59. The van der Waals surface area contributed by atoms with Crippen LogP contribution in [0.3, 0.4) is 0 Å². The van der Waals surface area contributed by atoms with Gasteiger partial charge in [-0.3, -0.25) is 48.2 Å². The number of aromatic nitrogens is 3. The molecular weight excluding hydrogens is 1590 g/mol. The van der Waals surface area contributed by atoms with Crippen LogP contribution in [0.4, 0.5) is 21.0 Å². The van der Waals surface area contributed by atoms with Crippen LogP contribution in [0, 0.1) is 28.6 Å². The van der Waals surface area contributed by atoms with Gasteiger partial charge in [0.05, 0.1) is 94.3 Å². The molecule has 668 valence electrons. The van der Waals surface area contributed by atoms with Crippen molar-refractivity contribution in [3.63, 3.8) is 0 Å². The van der Waals surface area contributed by atoms with Crippen LogP contribution < -0.4 is 59.3 Å². The molecule has 0 spiro atoms. The number of nitrogens with zero attached hydrogens (tertiary/aromatic N) is 3. The van der Waals surface area contributed by atoms with Crippen molar-refractivity contribution in [2.24, 2.45) is 40.1 Å². The second kappa shape index (κ2) is 45.2. The number of aliphatic hydroxyl groups is 1. The number of phenols is 1. The number of anilines is 2. The number of amides is 11. The van der Waals surface area contributed by atoms with E-state index < -0.39 is 117 Å². The lowest BCUT2D eigenvalue weighted by Gasteiger charge is -2.56. The monoisotopic (exact) mass is 1710 g/mol. The number of aromatic hydroxyl groups is 1. The van der Waals surface area contributed by atoms with Gasteiger partial charge >= 0.3 is 12.1 Å². The third-order valence-corrected chi connectivity index (χ3v) is 25.5. The maximum Gasteiger partial charge on any atom is 0.408 e. The first-order valence-corrected chi connectivity index (χ1v) is 44.2. The number of fused-ring (bicyclic) bond motifs is 7. The van der Waals surface area contributed by atoms with E-state index in [1.807, 2.05) is 42.8 Å². The molecule has 16 N–H and O–H groups in total. The lowest BCUT2D eigenvalue weighted by Crippen LogP contribution is -2.60. The van der Waals surface area contributed by atoms with E-state index in [0.29, 0.717) is 107 Å². The van der Waals surface area contributed by atoms with Gasteiger partial charge in [0.25, 0.3) is 10.1 Å². The number of aliphatic hydroxyl groups excluding tert-OH is 1. The maximum atomic E-state index is 14.8. The minimum absolute atomic E-state index is 0.0259. The van der Waals surface area contributed by atoms with Gasteiger partial charge in [-0.15, -0.1) is 5.10 Å². The van der Waals surface area contributed by atoms with Crippen LogP contribution in [0.1, 0.15) is 202 Å². The van der Waals surface area contributed by atoms with Gasteiger partial charge in [-0.1, -0.05) is 96.7 Å². The third kappa shape index (κ3) is 26.9. The van der Waals surface area contributed by atoms with Gasteiger partial charge in [0, 0.05) is 37.4 Å². The van der Waals surface area contributed by atoms with Crippen LogP contribution in [0.2, 0.25) is 0 Å². The normalized spacial score (nSPS) is 22.1. The number of rotatable bonds is 45. The molecule has 11 amide bonds. The lowest BCUT2D eigenvalue weighted by atomic mass is 9.49. The van der Waals surface area contributed by atoms with E-state index in [-0.39, 0.29) is 112 Å². The van der Waals surface area contributed by atoms with E-state index in [4.69, 9.17) is 44.4 Å². The van der Waals surface area contributed by atoms with Gasteiger partial charge in [-0.2, -0.15) is 8.42 Å². The van der Waals surface area contributed by atoms with Gasteiger partial charge in [-0.25, -0.2) is 14.3 Å². The Morgan fingerprint density at radius 2 is 1.19 bits per heavy atom. The number of unbranched alkanes of at least 4 members (excludes halogenated alkanes) is 1. The molecule has 0 saturated heterocycles. The molecule has 1 heterocycles. The zero-order valence-electron chi connectivity index (χ0n) is 70.6. The van der Waals surface area contributed by atoms with Gasteiger partial charge in [-0.05, 0) is 196 Å². The standard InChI is InChI=1S/C85H126N14O21S/c1-54(2)72(95-74(104)63(86)15-10-11-36-88-71(103)53-119-67-18-9-7-8-17-66-73(67)97-98-99(66)39-41-116-43-45-118-47-46-117-44-42-115-40-31-70(102)89-38-48-121(112,113)114)77(107)93-64(16-12-37-90-80(87)110)75(105)91-58-25-19-55(20-26-58)52-120-81(111)94-65(51-100)76(106)92-59-27-21-56-23-29-68-82(3,61(56)49-59)32-13-34-84(68,5)78(108)96-79(109)85(6)35-14-33-83(4)62-50-60(101)28-22-57(62)24-30-69(83)85/h19-22,25-28,49-50,54,63-65,67-69,72,100-101H,7-18,23-24,29-48,51-53,86H2,1-6H3,(H,88,103)(H,89,102)(H,91,105)(H,92,106)(H,93,107)(H,94,111)(H,95,104)(H3,87,90,110)(H,96,108,109)(H,112,113,114)/t63-,64+,65+,67?,68-,69-,72+,82-,83-,84+,85+/m1/s1. The van der Waals surface area contributed by atoms with E-state index in [0.717, 1.165) is 93.0 Å². The molecule has 5 aliphatic rings. The summed E-state index contributed by atoms with van der Waals surface area (Å²) >= 11 is 0. The Morgan fingerprint density at radius 1 is 0.603 bits per heavy atom. The number of nitrogens with one attached hydrogen (secondary N) is 9. The molecule has 9 rings (SSSR count). The van der Waals surface area contributed by atoms with Crippen molar-refractivity contribution in [2.45, 2.75) is 231 Å². The molecule has 1 unspecified atom stereocenters. The molecule has 11 atom stereocenters. The summed E-state index contributed by atoms with van der Waals surface area (Å²) in [5.74, 6) is -4.80. The molecular formula is C85H126N14O21S. The molecule has 35 nitrogen and oxygen atoms in total. The Labute approximate surface area is 707 Å². The molecule has 2 fully saturated rings. The first-order chi connectivity index (χ1) is 57.7. The molecule has 0 aliphatic heterocycles. The Morgan fingerprint density at radius 3 is 1.82 bits per heavy atom. The second-order valence-corrected chi connectivity index (χ2v) is 35.3. The fourth-order valence-electron chi connectivity index (χ4n) is 18.1. The van der Waals surface area contributed by atoms with E-state index in [9.17, 15) is 66.6 Å². The first-order valence-electron chi connectivity index (χ1n) is 42.5. The maximum absolute atomic E-state index is 14.8. The highest BCUT2D eigenvalue weighted by molar-refractivity contribution is 7.85. The lowest BCUT2D eigenvalue weighted by molar-refractivity contribution is -0.150. The van der Waals surface area contributed by atoms with E-state index >= 15 is 0 Å². The fraction of sp³-hybridized carbons (Fsp3) is 0.647. The Kier molecular flexibility index (Phi) is 35.7.